The summed E-state index contributed by atoms with van der Waals surface area (Å²) >= 11 is 0. The maximum Gasteiger partial charge on any atom is 0.166 e. The molecular weight excluding hydrogens is 188 g/mol. The van der Waals surface area contributed by atoms with Crippen molar-refractivity contribution in [2.45, 2.75) is 27.2 Å². The molecule has 0 amide bonds. The van der Waals surface area contributed by atoms with E-state index < -0.39 is 0 Å². The normalized spacial score (nSPS) is 11.2. The summed E-state index contributed by atoms with van der Waals surface area (Å²) in [5, 5.41) is 0.896. The molecule has 0 N–H and O–H groups in total. The Kier molecular flexibility index (Phi) is 2.58. The van der Waals surface area contributed by atoms with Gasteiger partial charge < -0.3 is 0 Å². The van der Waals surface area contributed by atoms with E-state index in [0.717, 1.165) is 29.1 Å². The Hall–Kier alpha value is -1.58. The fourth-order valence-electron chi connectivity index (χ4n) is 1.41. The van der Waals surface area contributed by atoms with Crippen molar-refractivity contribution in [2.24, 2.45) is 5.92 Å². The van der Waals surface area contributed by atoms with Gasteiger partial charge in [-0.25, -0.2) is 19.9 Å². The van der Waals surface area contributed by atoms with E-state index in [1.54, 1.807) is 12.4 Å². The molecule has 2 aromatic heterocycles. The van der Waals surface area contributed by atoms with Crippen LogP contribution in [0.25, 0.3) is 11.0 Å². The van der Waals surface area contributed by atoms with Crippen LogP contribution in [-0.2, 0) is 6.42 Å². The SMILES string of the molecule is Cc1ncc2cnc(CC(C)C)nc2n1. The lowest BCUT2D eigenvalue weighted by atomic mass is 10.1. The van der Waals surface area contributed by atoms with Gasteiger partial charge in [0.2, 0.25) is 0 Å². The standard InChI is InChI=1S/C11H14N4/c1-7(2)4-10-13-6-9-5-12-8(3)14-11(9)15-10/h5-7H,4H2,1-3H3. The third-order valence-corrected chi connectivity index (χ3v) is 2.09. The molecule has 78 valence electrons. The van der Waals surface area contributed by atoms with Crippen LogP contribution in [0.15, 0.2) is 12.4 Å². The molecule has 0 saturated heterocycles. The van der Waals surface area contributed by atoms with Crippen molar-refractivity contribution in [1.82, 2.24) is 19.9 Å². The van der Waals surface area contributed by atoms with Gasteiger partial charge in [-0.2, -0.15) is 0 Å². The zero-order chi connectivity index (χ0) is 10.8. The molecule has 0 unspecified atom stereocenters. The highest BCUT2D eigenvalue weighted by Gasteiger charge is 2.04. The fraction of sp³-hybridized carbons (Fsp3) is 0.455. The lowest BCUT2D eigenvalue weighted by Gasteiger charge is -2.03. The Morgan fingerprint density at radius 3 is 2.60 bits per heavy atom. The molecule has 0 bridgehead atoms. The van der Waals surface area contributed by atoms with Crippen molar-refractivity contribution in [3.8, 4) is 0 Å². The molecule has 0 aliphatic rings. The number of hydrogen-bond acceptors (Lipinski definition) is 4. The predicted molar refractivity (Wildman–Crippen MR) is 58.4 cm³/mol. The third-order valence-electron chi connectivity index (χ3n) is 2.09. The van der Waals surface area contributed by atoms with Gasteiger partial charge in [0.25, 0.3) is 0 Å². The summed E-state index contributed by atoms with van der Waals surface area (Å²) in [7, 11) is 0. The molecule has 2 aromatic rings. The fourth-order valence-corrected chi connectivity index (χ4v) is 1.41. The van der Waals surface area contributed by atoms with Crippen molar-refractivity contribution < 1.29 is 0 Å². The number of rotatable bonds is 2. The van der Waals surface area contributed by atoms with Gasteiger partial charge in [-0.1, -0.05) is 13.8 Å². The van der Waals surface area contributed by atoms with Gasteiger partial charge in [0.05, 0.1) is 5.39 Å². The molecular formula is C11H14N4. The molecule has 15 heavy (non-hydrogen) atoms. The van der Waals surface area contributed by atoms with E-state index in [2.05, 4.69) is 33.8 Å². The molecule has 0 radical (unpaired) electrons. The van der Waals surface area contributed by atoms with Crippen molar-refractivity contribution in [3.63, 3.8) is 0 Å². The van der Waals surface area contributed by atoms with E-state index >= 15 is 0 Å². The van der Waals surface area contributed by atoms with Gasteiger partial charge in [0.1, 0.15) is 11.6 Å². The van der Waals surface area contributed by atoms with Gasteiger partial charge in [-0.15, -0.1) is 0 Å². The average molecular weight is 202 g/mol. The van der Waals surface area contributed by atoms with Gasteiger partial charge in [-0.3, -0.25) is 0 Å². The average Bonchev–Trinajstić information content (AvgIpc) is 2.16. The second kappa shape index (κ2) is 3.88. The van der Waals surface area contributed by atoms with E-state index in [0.29, 0.717) is 5.92 Å². The van der Waals surface area contributed by atoms with Gasteiger partial charge in [-0.05, 0) is 12.8 Å². The van der Waals surface area contributed by atoms with E-state index in [1.165, 1.54) is 0 Å². The summed E-state index contributed by atoms with van der Waals surface area (Å²) < 4.78 is 0. The van der Waals surface area contributed by atoms with Crippen LogP contribution in [0, 0.1) is 12.8 Å². The van der Waals surface area contributed by atoms with E-state index in [-0.39, 0.29) is 0 Å². The minimum atomic E-state index is 0.561. The Labute approximate surface area is 88.8 Å². The van der Waals surface area contributed by atoms with Gasteiger partial charge in [0, 0.05) is 18.8 Å². The highest BCUT2D eigenvalue weighted by Crippen LogP contribution is 2.09. The molecule has 2 heterocycles. The minimum absolute atomic E-state index is 0.561. The Morgan fingerprint density at radius 1 is 1.13 bits per heavy atom. The maximum absolute atomic E-state index is 4.41. The summed E-state index contributed by atoms with van der Waals surface area (Å²) in [4.78, 5) is 17.1. The number of hydrogen-bond donors (Lipinski definition) is 0. The third kappa shape index (κ3) is 2.26. The van der Waals surface area contributed by atoms with Crippen LogP contribution in [0.3, 0.4) is 0 Å². The van der Waals surface area contributed by atoms with Gasteiger partial charge in [0.15, 0.2) is 5.65 Å². The van der Waals surface area contributed by atoms with Crippen LogP contribution in [0.2, 0.25) is 0 Å². The van der Waals surface area contributed by atoms with Crippen LogP contribution in [0.4, 0.5) is 0 Å². The largest absolute Gasteiger partial charge is 0.241 e. The summed E-state index contributed by atoms with van der Waals surface area (Å²) in [6, 6.07) is 0. The zero-order valence-electron chi connectivity index (χ0n) is 9.23. The van der Waals surface area contributed by atoms with Crippen LogP contribution in [-0.4, -0.2) is 19.9 Å². The molecule has 0 aliphatic carbocycles. The maximum atomic E-state index is 4.41. The lowest BCUT2D eigenvalue weighted by Crippen LogP contribution is -2.02. The van der Waals surface area contributed by atoms with Gasteiger partial charge >= 0.3 is 0 Å². The smallest absolute Gasteiger partial charge is 0.166 e. The van der Waals surface area contributed by atoms with Crippen molar-refractivity contribution >= 4 is 11.0 Å². The summed E-state index contributed by atoms with van der Waals surface area (Å²) in [5.41, 5.74) is 0.744. The van der Waals surface area contributed by atoms with E-state index in [9.17, 15) is 0 Å². The predicted octanol–water partition coefficient (Wildman–Crippen LogP) is 1.93. The summed E-state index contributed by atoms with van der Waals surface area (Å²) in [6.45, 7) is 6.17. The van der Waals surface area contributed by atoms with Crippen LogP contribution < -0.4 is 0 Å². The zero-order valence-corrected chi connectivity index (χ0v) is 9.23. The lowest BCUT2D eigenvalue weighted by molar-refractivity contribution is 0.622. The monoisotopic (exact) mass is 202 g/mol. The van der Waals surface area contributed by atoms with E-state index in [4.69, 9.17) is 0 Å². The summed E-state index contributed by atoms with van der Waals surface area (Å²) in [6.07, 6.45) is 4.44. The minimum Gasteiger partial charge on any atom is -0.241 e. The molecule has 4 heteroatoms. The van der Waals surface area contributed by atoms with Crippen molar-refractivity contribution in [2.75, 3.05) is 0 Å². The van der Waals surface area contributed by atoms with Crippen molar-refractivity contribution in [1.29, 1.82) is 0 Å². The quantitative estimate of drug-likeness (QED) is 0.746. The molecule has 0 aromatic carbocycles. The van der Waals surface area contributed by atoms with Crippen LogP contribution in [0.5, 0.6) is 0 Å². The molecule has 0 aliphatic heterocycles. The molecule has 0 saturated carbocycles. The second-order valence-corrected chi connectivity index (χ2v) is 4.08. The van der Waals surface area contributed by atoms with Crippen LogP contribution >= 0.6 is 0 Å². The highest BCUT2D eigenvalue weighted by molar-refractivity contribution is 5.71. The first-order valence-electron chi connectivity index (χ1n) is 5.10. The first-order valence-corrected chi connectivity index (χ1v) is 5.10. The number of nitrogens with zero attached hydrogens (tertiary/aromatic N) is 4. The number of fused-ring (bicyclic) bond motifs is 1. The molecule has 4 nitrogen and oxygen atoms in total. The highest BCUT2D eigenvalue weighted by atomic mass is 15.0. The topological polar surface area (TPSA) is 51.6 Å². The first-order chi connectivity index (χ1) is 7.15. The Balaban J connectivity index is 2.45. The van der Waals surface area contributed by atoms with Crippen molar-refractivity contribution in [3.05, 3.63) is 24.0 Å². The molecule has 0 spiro atoms. The Bertz CT molecular complexity index is 479. The molecule has 0 fully saturated rings. The number of aromatic nitrogens is 4. The van der Waals surface area contributed by atoms with E-state index in [1.807, 2.05) is 6.92 Å². The summed E-state index contributed by atoms with van der Waals surface area (Å²) in [5.74, 6) is 2.16. The molecule has 2 rings (SSSR count). The Morgan fingerprint density at radius 2 is 1.87 bits per heavy atom. The van der Waals surface area contributed by atoms with Crippen LogP contribution in [0.1, 0.15) is 25.5 Å². The second-order valence-electron chi connectivity index (χ2n) is 4.08. The first kappa shape index (κ1) is 9.96. The molecule has 0 atom stereocenters. The number of aryl methyl sites for hydroxylation is 1.